The van der Waals surface area contributed by atoms with Gasteiger partial charge < -0.3 is 4.42 Å². The number of fused-ring (bicyclic) bond motifs is 7. The lowest BCUT2D eigenvalue weighted by atomic mass is 9.97. The van der Waals surface area contributed by atoms with Crippen molar-refractivity contribution in [1.82, 2.24) is 14.5 Å². The summed E-state index contributed by atoms with van der Waals surface area (Å²) in [5.74, 6) is 0.651. The number of nitrogens with zero attached hydrogens (tertiary/aromatic N) is 3. The molecule has 0 unspecified atom stereocenters. The summed E-state index contributed by atoms with van der Waals surface area (Å²) in [7, 11) is 0. The van der Waals surface area contributed by atoms with E-state index in [4.69, 9.17) is 14.4 Å². The molecule has 0 aliphatic heterocycles. The minimum absolute atomic E-state index is 0.651. The van der Waals surface area contributed by atoms with E-state index in [0.717, 1.165) is 77.0 Å². The van der Waals surface area contributed by atoms with E-state index in [-0.39, 0.29) is 0 Å². The zero-order valence-corrected chi connectivity index (χ0v) is 22.5. The lowest BCUT2D eigenvalue weighted by Gasteiger charge is -2.12. The maximum absolute atomic E-state index is 6.47. The van der Waals surface area contributed by atoms with E-state index in [0.29, 0.717) is 5.95 Å². The Morgan fingerprint density at radius 3 is 2.05 bits per heavy atom. The quantitative estimate of drug-likeness (QED) is 0.225. The van der Waals surface area contributed by atoms with Gasteiger partial charge in [-0.1, -0.05) is 115 Å². The highest BCUT2D eigenvalue weighted by atomic mass is 16.3. The molecular formula is C38H23N3O. The van der Waals surface area contributed by atoms with Gasteiger partial charge in [0.2, 0.25) is 5.95 Å². The van der Waals surface area contributed by atoms with E-state index < -0.39 is 0 Å². The summed E-state index contributed by atoms with van der Waals surface area (Å²) in [6.45, 7) is 0. The molecule has 3 aromatic heterocycles. The predicted molar refractivity (Wildman–Crippen MR) is 172 cm³/mol. The van der Waals surface area contributed by atoms with Gasteiger partial charge in [-0.2, -0.15) is 0 Å². The molecule has 0 amide bonds. The highest BCUT2D eigenvalue weighted by Gasteiger charge is 2.21. The molecule has 3 heterocycles. The van der Waals surface area contributed by atoms with Crippen LogP contribution in [0.2, 0.25) is 0 Å². The van der Waals surface area contributed by atoms with Gasteiger partial charge in [0.25, 0.3) is 0 Å². The van der Waals surface area contributed by atoms with Gasteiger partial charge in [0.1, 0.15) is 11.2 Å². The van der Waals surface area contributed by atoms with Crippen LogP contribution in [-0.2, 0) is 0 Å². The van der Waals surface area contributed by atoms with Crippen molar-refractivity contribution in [3.05, 3.63) is 140 Å². The Morgan fingerprint density at radius 1 is 0.476 bits per heavy atom. The van der Waals surface area contributed by atoms with Gasteiger partial charge in [0.15, 0.2) is 0 Å². The molecule has 0 saturated heterocycles. The van der Waals surface area contributed by atoms with E-state index in [1.807, 2.05) is 30.3 Å². The molecule has 4 nitrogen and oxygen atoms in total. The Morgan fingerprint density at radius 2 is 1.14 bits per heavy atom. The fourth-order valence-corrected chi connectivity index (χ4v) is 6.40. The van der Waals surface area contributed by atoms with Crippen molar-refractivity contribution in [1.29, 1.82) is 0 Å². The zero-order chi connectivity index (χ0) is 27.6. The molecule has 0 aliphatic carbocycles. The molecule has 196 valence electrons. The minimum atomic E-state index is 0.651. The Labute approximate surface area is 241 Å². The first-order chi connectivity index (χ1) is 20.8. The van der Waals surface area contributed by atoms with Crippen LogP contribution in [0.5, 0.6) is 0 Å². The molecule has 0 fully saturated rings. The Hall–Kier alpha value is -5.74. The molecule has 42 heavy (non-hydrogen) atoms. The minimum Gasteiger partial charge on any atom is -0.455 e. The van der Waals surface area contributed by atoms with Gasteiger partial charge >= 0.3 is 0 Å². The summed E-state index contributed by atoms with van der Waals surface area (Å²) in [4.78, 5) is 10.3. The number of rotatable bonds is 3. The largest absolute Gasteiger partial charge is 0.455 e. The summed E-state index contributed by atoms with van der Waals surface area (Å²) in [5, 5.41) is 5.58. The highest BCUT2D eigenvalue weighted by Crippen LogP contribution is 2.42. The number of para-hydroxylation sites is 4. The second-order valence-electron chi connectivity index (χ2n) is 10.6. The van der Waals surface area contributed by atoms with Crippen molar-refractivity contribution in [2.75, 3.05) is 0 Å². The predicted octanol–water partition coefficient (Wildman–Crippen LogP) is 9.96. The lowest BCUT2D eigenvalue weighted by molar-refractivity contribution is 0.670. The standard InChI is InChI=1S/C38H23N3O/c1-2-12-24(13-3-1)36-29-15-4-7-20-31(29)39-38(40-36)41-32-21-8-5-16-30(32)35-26(17-11-22-33(35)41)28-19-10-18-27-25-14-6-9-23-34(25)42-37(27)28/h1-23H. The smallest absolute Gasteiger partial charge is 0.235 e. The lowest BCUT2D eigenvalue weighted by Crippen LogP contribution is -2.03. The maximum Gasteiger partial charge on any atom is 0.235 e. The van der Waals surface area contributed by atoms with E-state index in [1.54, 1.807) is 0 Å². The number of furan rings is 1. The van der Waals surface area contributed by atoms with Gasteiger partial charge in [0.05, 0.1) is 22.2 Å². The van der Waals surface area contributed by atoms with Crippen LogP contribution in [0.25, 0.3) is 83.0 Å². The normalized spacial score (nSPS) is 11.8. The fourth-order valence-electron chi connectivity index (χ4n) is 6.40. The molecule has 6 aromatic carbocycles. The molecular weight excluding hydrogens is 514 g/mol. The first-order valence-electron chi connectivity index (χ1n) is 14.1. The van der Waals surface area contributed by atoms with Crippen molar-refractivity contribution in [2.24, 2.45) is 0 Å². The van der Waals surface area contributed by atoms with Crippen molar-refractivity contribution in [3.8, 4) is 28.3 Å². The monoisotopic (exact) mass is 537 g/mol. The highest BCUT2D eigenvalue weighted by molar-refractivity contribution is 6.19. The van der Waals surface area contributed by atoms with Gasteiger partial charge in [-0.05, 0) is 29.8 Å². The van der Waals surface area contributed by atoms with Gasteiger partial charge in [-0.3, -0.25) is 4.57 Å². The second-order valence-corrected chi connectivity index (χ2v) is 10.6. The van der Waals surface area contributed by atoms with E-state index in [2.05, 4.69) is 114 Å². The molecule has 9 aromatic rings. The number of hydrogen-bond acceptors (Lipinski definition) is 3. The average Bonchev–Trinajstić information content (AvgIpc) is 3.61. The van der Waals surface area contributed by atoms with Crippen molar-refractivity contribution in [3.63, 3.8) is 0 Å². The van der Waals surface area contributed by atoms with Crippen molar-refractivity contribution in [2.45, 2.75) is 0 Å². The fraction of sp³-hybridized carbons (Fsp3) is 0. The van der Waals surface area contributed by atoms with Crippen LogP contribution in [0.4, 0.5) is 0 Å². The molecule has 0 saturated carbocycles. The van der Waals surface area contributed by atoms with Crippen molar-refractivity contribution >= 4 is 54.6 Å². The summed E-state index contributed by atoms with van der Waals surface area (Å²) < 4.78 is 8.67. The first-order valence-corrected chi connectivity index (χ1v) is 14.1. The molecule has 9 rings (SSSR count). The van der Waals surface area contributed by atoms with Crippen LogP contribution in [0.3, 0.4) is 0 Å². The van der Waals surface area contributed by atoms with Gasteiger partial charge in [-0.25, -0.2) is 9.97 Å². The third-order valence-corrected chi connectivity index (χ3v) is 8.23. The third kappa shape index (κ3) is 3.29. The Kier molecular flexibility index (Phi) is 4.87. The van der Waals surface area contributed by atoms with Crippen LogP contribution < -0.4 is 0 Å². The molecule has 0 bridgehead atoms. The van der Waals surface area contributed by atoms with Gasteiger partial charge in [0, 0.05) is 38.1 Å². The number of hydrogen-bond donors (Lipinski definition) is 0. The molecule has 0 spiro atoms. The molecule has 0 radical (unpaired) electrons. The molecule has 0 atom stereocenters. The van der Waals surface area contributed by atoms with Crippen molar-refractivity contribution < 1.29 is 4.42 Å². The summed E-state index contributed by atoms with van der Waals surface area (Å²) in [5.41, 5.74) is 9.00. The van der Waals surface area contributed by atoms with E-state index >= 15 is 0 Å². The van der Waals surface area contributed by atoms with E-state index in [1.165, 1.54) is 0 Å². The third-order valence-electron chi connectivity index (χ3n) is 8.23. The molecule has 0 N–H and O–H groups in total. The van der Waals surface area contributed by atoms with Gasteiger partial charge in [-0.15, -0.1) is 0 Å². The van der Waals surface area contributed by atoms with Crippen LogP contribution in [0, 0.1) is 0 Å². The summed E-state index contributed by atoms with van der Waals surface area (Å²) in [6.07, 6.45) is 0. The molecule has 4 heteroatoms. The second kappa shape index (κ2) is 8.88. The number of aromatic nitrogens is 3. The maximum atomic E-state index is 6.47. The van der Waals surface area contributed by atoms with Crippen LogP contribution in [0.15, 0.2) is 144 Å². The number of benzene rings is 6. The Bertz CT molecular complexity index is 2470. The molecule has 0 aliphatic rings. The average molecular weight is 538 g/mol. The summed E-state index contributed by atoms with van der Waals surface area (Å²) >= 11 is 0. The van der Waals surface area contributed by atoms with Crippen LogP contribution in [-0.4, -0.2) is 14.5 Å². The topological polar surface area (TPSA) is 43.9 Å². The van der Waals surface area contributed by atoms with E-state index in [9.17, 15) is 0 Å². The summed E-state index contributed by atoms with van der Waals surface area (Å²) in [6, 6.07) is 48.3. The van der Waals surface area contributed by atoms with Crippen LogP contribution in [0.1, 0.15) is 0 Å². The SMILES string of the molecule is c1ccc(-c2nc(-n3c4ccccc4c4c(-c5cccc6c5oc5ccccc56)cccc43)nc3ccccc23)cc1. The van der Waals surface area contributed by atoms with Crippen LogP contribution >= 0.6 is 0 Å². The Balaban J connectivity index is 1.38. The zero-order valence-electron chi connectivity index (χ0n) is 22.5. The first kappa shape index (κ1) is 23.0.